The Balaban J connectivity index is 1.43. The molecule has 1 atom stereocenters. The summed E-state index contributed by atoms with van der Waals surface area (Å²) in [5.41, 5.74) is 0.972. The van der Waals surface area contributed by atoms with Crippen molar-refractivity contribution in [3.05, 3.63) is 59.1 Å². The lowest BCUT2D eigenvalue weighted by Crippen LogP contribution is -2.38. The van der Waals surface area contributed by atoms with Crippen molar-refractivity contribution in [2.24, 2.45) is 0 Å². The van der Waals surface area contributed by atoms with Crippen LogP contribution in [0.5, 0.6) is 0 Å². The highest BCUT2D eigenvalue weighted by Gasteiger charge is 2.39. The van der Waals surface area contributed by atoms with Crippen molar-refractivity contribution < 1.29 is 22.8 Å². The summed E-state index contributed by atoms with van der Waals surface area (Å²) in [6, 6.07) is 11.9. The van der Waals surface area contributed by atoms with Crippen LogP contribution in [0.2, 0.25) is 5.02 Å². The Kier molecular flexibility index (Phi) is 6.68. The second-order valence-electron chi connectivity index (χ2n) is 7.92. The van der Waals surface area contributed by atoms with Crippen LogP contribution in [0.4, 0.5) is 10.5 Å². The maximum atomic E-state index is 12.8. The van der Waals surface area contributed by atoms with Gasteiger partial charge >= 0.3 is 6.03 Å². The van der Waals surface area contributed by atoms with Crippen LogP contribution in [0.25, 0.3) is 0 Å². The quantitative estimate of drug-likeness (QED) is 0.577. The van der Waals surface area contributed by atoms with Crippen molar-refractivity contribution in [1.29, 1.82) is 0 Å². The van der Waals surface area contributed by atoms with Crippen LogP contribution in [-0.4, -0.2) is 61.1 Å². The molecule has 11 heteroatoms. The van der Waals surface area contributed by atoms with E-state index in [2.05, 4.69) is 10.6 Å². The zero-order chi connectivity index (χ0) is 23.6. The fourth-order valence-corrected chi connectivity index (χ4v) is 5.59. The summed E-state index contributed by atoms with van der Waals surface area (Å²) in [7, 11) is -3.70. The lowest BCUT2D eigenvalue weighted by molar-refractivity contribution is -0.130. The highest BCUT2D eigenvalue weighted by Crippen LogP contribution is 2.28. The van der Waals surface area contributed by atoms with Gasteiger partial charge in [-0.25, -0.2) is 13.2 Å². The smallest absolute Gasteiger partial charge is 0.325 e. The molecule has 0 bridgehead atoms. The van der Waals surface area contributed by atoms with Gasteiger partial charge in [0.05, 0.1) is 15.6 Å². The van der Waals surface area contributed by atoms with Crippen molar-refractivity contribution >= 4 is 45.2 Å². The van der Waals surface area contributed by atoms with Gasteiger partial charge in [0.15, 0.2) is 0 Å². The van der Waals surface area contributed by atoms with E-state index in [-0.39, 0.29) is 15.6 Å². The number of sulfonamides is 1. The average molecular weight is 491 g/mol. The molecule has 0 unspecified atom stereocenters. The summed E-state index contributed by atoms with van der Waals surface area (Å²) in [5.74, 6) is -1.17. The first-order chi connectivity index (χ1) is 15.8. The van der Waals surface area contributed by atoms with E-state index in [4.69, 9.17) is 11.6 Å². The van der Waals surface area contributed by atoms with E-state index < -0.39 is 40.5 Å². The average Bonchev–Trinajstić information content (AvgIpc) is 3.42. The number of imide groups is 1. The van der Waals surface area contributed by atoms with Crippen LogP contribution in [0.1, 0.15) is 18.4 Å². The summed E-state index contributed by atoms with van der Waals surface area (Å²) in [6.45, 7) is 0.376. The molecule has 2 saturated heterocycles. The number of nitrogens with zero attached hydrogens (tertiary/aromatic N) is 2. The summed E-state index contributed by atoms with van der Waals surface area (Å²) < 4.78 is 27.0. The fourth-order valence-electron chi connectivity index (χ4n) is 3.89. The first-order valence-electron chi connectivity index (χ1n) is 10.5. The SMILES string of the molecule is O=C(CN1C(=O)N[C@@H](Cc2ccccc2)C1=O)Nc1cc(S(=O)(=O)N2CCCC2)ccc1Cl. The van der Waals surface area contributed by atoms with E-state index in [1.165, 1.54) is 22.5 Å². The molecular weight excluding hydrogens is 468 g/mol. The van der Waals surface area contributed by atoms with Crippen LogP contribution in [0.3, 0.4) is 0 Å². The van der Waals surface area contributed by atoms with E-state index in [0.29, 0.717) is 19.5 Å². The Morgan fingerprint density at radius 3 is 2.48 bits per heavy atom. The van der Waals surface area contributed by atoms with E-state index in [9.17, 15) is 22.8 Å². The molecule has 2 aliphatic rings. The third-order valence-electron chi connectivity index (χ3n) is 5.61. The van der Waals surface area contributed by atoms with E-state index >= 15 is 0 Å². The zero-order valence-electron chi connectivity index (χ0n) is 17.7. The molecule has 4 amide bonds. The number of rotatable bonds is 7. The van der Waals surface area contributed by atoms with Crippen molar-refractivity contribution in [1.82, 2.24) is 14.5 Å². The topological polar surface area (TPSA) is 116 Å². The van der Waals surface area contributed by atoms with Crippen LogP contribution in [-0.2, 0) is 26.0 Å². The van der Waals surface area contributed by atoms with E-state index in [0.717, 1.165) is 23.3 Å². The predicted molar refractivity (Wildman–Crippen MR) is 122 cm³/mol. The van der Waals surface area contributed by atoms with Gasteiger partial charge in [0.25, 0.3) is 5.91 Å². The third kappa shape index (κ3) is 5.02. The van der Waals surface area contributed by atoms with Crippen LogP contribution in [0, 0.1) is 0 Å². The molecule has 0 aliphatic carbocycles. The second-order valence-corrected chi connectivity index (χ2v) is 10.3. The van der Waals surface area contributed by atoms with Crippen molar-refractivity contribution in [2.75, 3.05) is 25.0 Å². The van der Waals surface area contributed by atoms with E-state index in [1.807, 2.05) is 30.3 Å². The molecule has 0 aromatic heterocycles. The highest BCUT2D eigenvalue weighted by molar-refractivity contribution is 7.89. The number of halogens is 1. The molecule has 33 heavy (non-hydrogen) atoms. The van der Waals surface area contributed by atoms with Gasteiger partial charge in [-0.3, -0.25) is 14.5 Å². The van der Waals surface area contributed by atoms with Crippen LogP contribution in [0.15, 0.2) is 53.4 Å². The number of benzene rings is 2. The number of amides is 4. The lowest BCUT2D eigenvalue weighted by Gasteiger charge is -2.17. The number of anilines is 1. The number of hydrogen-bond acceptors (Lipinski definition) is 5. The fraction of sp³-hybridized carbons (Fsp3) is 0.318. The molecule has 174 valence electrons. The summed E-state index contributed by atoms with van der Waals surface area (Å²) in [5, 5.41) is 5.25. The standard InChI is InChI=1S/C22H23ClN4O5S/c23-17-9-8-16(33(31,32)26-10-4-5-11-26)13-18(17)24-20(28)14-27-21(29)19(25-22(27)30)12-15-6-2-1-3-7-15/h1-3,6-9,13,19H,4-5,10-12,14H2,(H,24,28)(H,25,30)/t19-/m0/s1. The Morgan fingerprint density at radius 2 is 1.79 bits per heavy atom. The Bertz CT molecular complexity index is 1180. The molecule has 2 N–H and O–H groups in total. The minimum Gasteiger partial charge on any atom is -0.325 e. The monoisotopic (exact) mass is 490 g/mol. The molecule has 9 nitrogen and oxygen atoms in total. The maximum absolute atomic E-state index is 12.8. The molecule has 2 heterocycles. The van der Waals surface area contributed by atoms with Crippen molar-refractivity contribution in [2.45, 2.75) is 30.2 Å². The van der Waals surface area contributed by atoms with Gasteiger partial charge in [-0.2, -0.15) is 4.31 Å². The minimum atomic E-state index is -3.70. The highest BCUT2D eigenvalue weighted by atomic mass is 35.5. The summed E-state index contributed by atoms with van der Waals surface area (Å²) in [4.78, 5) is 38.4. The number of carbonyl (C=O) groups is 3. The zero-order valence-corrected chi connectivity index (χ0v) is 19.2. The molecule has 0 spiro atoms. The molecular formula is C22H23ClN4O5S. The van der Waals surface area contributed by atoms with Gasteiger partial charge in [0, 0.05) is 19.5 Å². The van der Waals surface area contributed by atoms with Gasteiger partial charge in [0.2, 0.25) is 15.9 Å². The third-order valence-corrected chi connectivity index (χ3v) is 7.83. The van der Waals surface area contributed by atoms with Gasteiger partial charge in [-0.1, -0.05) is 41.9 Å². The Labute approximate surface area is 196 Å². The molecule has 0 radical (unpaired) electrons. The molecule has 2 aromatic rings. The van der Waals surface area contributed by atoms with E-state index in [1.54, 1.807) is 0 Å². The van der Waals surface area contributed by atoms with Gasteiger partial charge < -0.3 is 10.6 Å². The minimum absolute atomic E-state index is 0.0158. The van der Waals surface area contributed by atoms with Crippen molar-refractivity contribution in [3.63, 3.8) is 0 Å². The van der Waals surface area contributed by atoms with Crippen LogP contribution >= 0.6 is 11.6 Å². The van der Waals surface area contributed by atoms with Crippen LogP contribution < -0.4 is 10.6 Å². The van der Waals surface area contributed by atoms with Gasteiger partial charge in [0.1, 0.15) is 12.6 Å². The summed E-state index contributed by atoms with van der Waals surface area (Å²) in [6.07, 6.45) is 1.91. The maximum Gasteiger partial charge on any atom is 0.325 e. The molecule has 0 saturated carbocycles. The van der Waals surface area contributed by atoms with Crippen molar-refractivity contribution in [3.8, 4) is 0 Å². The number of urea groups is 1. The molecule has 4 rings (SSSR count). The summed E-state index contributed by atoms with van der Waals surface area (Å²) >= 11 is 6.15. The normalized spacial score (nSPS) is 19.1. The van der Waals surface area contributed by atoms with Gasteiger partial charge in [-0.05, 0) is 36.6 Å². The first kappa shape index (κ1) is 23.2. The Hall–Kier alpha value is -2.95. The Morgan fingerprint density at radius 1 is 1.09 bits per heavy atom. The molecule has 2 aromatic carbocycles. The first-order valence-corrected chi connectivity index (χ1v) is 12.3. The number of hydrogen-bond donors (Lipinski definition) is 2. The second kappa shape index (κ2) is 9.50. The molecule has 2 aliphatic heterocycles. The predicted octanol–water partition coefficient (Wildman–Crippen LogP) is 2.23. The number of nitrogens with one attached hydrogen (secondary N) is 2. The molecule has 2 fully saturated rings. The largest absolute Gasteiger partial charge is 0.325 e. The lowest BCUT2D eigenvalue weighted by atomic mass is 10.1. The van der Waals surface area contributed by atoms with Gasteiger partial charge in [-0.15, -0.1) is 0 Å². The number of carbonyl (C=O) groups excluding carboxylic acids is 3.